The molecule has 0 bridgehead atoms. The summed E-state index contributed by atoms with van der Waals surface area (Å²) in [6.45, 7) is 2.76. The van der Waals surface area contributed by atoms with Crippen LogP contribution < -0.4 is 10.6 Å². The monoisotopic (exact) mass is 326 g/mol. The Morgan fingerprint density at radius 2 is 2.00 bits per heavy atom. The summed E-state index contributed by atoms with van der Waals surface area (Å²) in [5, 5.41) is 5.36. The number of hydrogen-bond donors (Lipinski definition) is 2. The zero-order valence-corrected chi connectivity index (χ0v) is 12.6. The van der Waals surface area contributed by atoms with E-state index in [0.717, 1.165) is 22.9 Å². The van der Waals surface area contributed by atoms with Crippen molar-refractivity contribution in [1.29, 1.82) is 0 Å². The molecular formula is C14H19BrN2O2. The maximum absolute atomic E-state index is 11.7. The molecule has 0 unspecified atom stereocenters. The summed E-state index contributed by atoms with van der Waals surface area (Å²) < 4.78 is 0.940. The van der Waals surface area contributed by atoms with E-state index in [4.69, 9.17) is 0 Å². The average molecular weight is 327 g/mol. The first-order valence-electron chi connectivity index (χ1n) is 6.39. The Bertz CT molecular complexity index is 435. The molecule has 104 valence electrons. The third kappa shape index (κ3) is 6.96. The number of carbonyl (C=O) groups excluding carboxylic acids is 2. The van der Waals surface area contributed by atoms with Crippen LogP contribution in [0.15, 0.2) is 28.7 Å². The molecule has 0 saturated carbocycles. The summed E-state index contributed by atoms with van der Waals surface area (Å²) in [5.74, 6) is -0.292. The van der Waals surface area contributed by atoms with Crippen molar-refractivity contribution in [2.24, 2.45) is 0 Å². The van der Waals surface area contributed by atoms with Gasteiger partial charge in [-0.1, -0.05) is 41.4 Å². The van der Waals surface area contributed by atoms with Crippen molar-refractivity contribution in [2.75, 3.05) is 13.1 Å². The Morgan fingerprint density at radius 3 is 2.68 bits per heavy atom. The number of carbonyl (C=O) groups is 2. The fraction of sp³-hybridized carbons (Fsp3) is 0.429. The molecule has 0 aliphatic heterocycles. The Kier molecular flexibility index (Phi) is 7.18. The van der Waals surface area contributed by atoms with Crippen molar-refractivity contribution in [3.05, 3.63) is 34.3 Å². The number of halogens is 1. The van der Waals surface area contributed by atoms with E-state index < -0.39 is 0 Å². The highest BCUT2D eigenvalue weighted by Gasteiger charge is 2.06. The van der Waals surface area contributed by atoms with Crippen LogP contribution in [0.3, 0.4) is 0 Å². The van der Waals surface area contributed by atoms with Crippen LogP contribution >= 0.6 is 15.9 Å². The maximum Gasteiger partial charge on any atom is 0.239 e. The molecule has 2 N–H and O–H groups in total. The molecule has 0 aliphatic rings. The first-order chi connectivity index (χ1) is 9.11. The van der Waals surface area contributed by atoms with Crippen LogP contribution in [0.2, 0.25) is 0 Å². The Hall–Kier alpha value is -1.36. The molecule has 0 radical (unpaired) electrons. The second-order valence-electron chi connectivity index (χ2n) is 4.29. The highest BCUT2D eigenvalue weighted by molar-refractivity contribution is 9.10. The first-order valence-corrected chi connectivity index (χ1v) is 7.19. The molecule has 0 aromatic heterocycles. The molecule has 0 saturated heterocycles. The normalized spacial score (nSPS) is 10.0. The van der Waals surface area contributed by atoms with Crippen LogP contribution in [0, 0.1) is 0 Å². The predicted molar refractivity (Wildman–Crippen MR) is 78.8 cm³/mol. The van der Waals surface area contributed by atoms with Gasteiger partial charge in [0.05, 0.1) is 13.0 Å². The van der Waals surface area contributed by atoms with E-state index in [1.54, 1.807) is 0 Å². The van der Waals surface area contributed by atoms with Gasteiger partial charge in [-0.15, -0.1) is 0 Å². The minimum Gasteiger partial charge on any atom is -0.355 e. The number of rotatable bonds is 7. The van der Waals surface area contributed by atoms with Crippen LogP contribution in [0.25, 0.3) is 0 Å². The number of nitrogens with one attached hydrogen (secondary N) is 2. The van der Waals surface area contributed by atoms with Gasteiger partial charge in [-0.25, -0.2) is 0 Å². The first kappa shape index (κ1) is 15.7. The van der Waals surface area contributed by atoms with Crippen LogP contribution in [0.5, 0.6) is 0 Å². The average Bonchev–Trinajstić information content (AvgIpc) is 2.37. The Morgan fingerprint density at radius 1 is 1.21 bits per heavy atom. The minimum absolute atomic E-state index is 0.0382. The third-order valence-electron chi connectivity index (χ3n) is 2.55. The van der Waals surface area contributed by atoms with Gasteiger partial charge in [0, 0.05) is 11.0 Å². The molecule has 0 fully saturated rings. The van der Waals surface area contributed by atoms with Crippen LogP contribution in [0.4, 0.5) is 0 Å². The molecule has 19 heavy (non-hydrogen) atoms. The van der Waals surface area contributed by atoms with Crippen molar-refractivity contribution in [3.8, 4) is 0 Å². The summed E-state index contributed by atoms with van der Waals surface area (Å²) in [6, 6.07) is 7.55. The third-order valence-corrected chi connectivity index (χ3v) is 3.05. The molecule has 0 aliphatic carbocycles. The second-order valence-corrected chi connectivity index (χ2v) is 5.20. The fourth-order valence-corrected chi connectivity index (χ4v) is 1.99. The van der Waals surface area contributed by atoms with E-state index in [9.17, 15) is 9.59 Å². The second kappa shape index (κ2) is 8.69. The lowest BCUT2D eigenvalue weighted by Gasteiger charge is -2.06. The smallest absolute Gasteiger partial charge is 0.239 e. The molecule has 1 rings (SSSR count). The van der Waals surface area contributed by atoms with Gasteiger partial charge >= 0.3 is 0 Å². The minimum atomic E-state index is -0.149. The molecular weight excluding hydrogens is 308 g/mol. The Balaban J connectivity index is 2.26. The summed E-state index contributed by atoms with van der Waals surface area (Å²) in [4.78, 5) is 23.0. The van der Waals surface area contributed by atoms with Gasteiger partial charge in [-0.05, 0) is 24.1 Å². The number of unbranched alkanes of at least 4 members (excludes halogenated alkanes) is 1. The van der Waals surface area contributed by atoms with Crippen molar-refractivity contribution >= 4 is 27.7 Å². The lowest BCUT2D eigenvalue weighted by atomic mass is 10.1. The highest BCUT2D eigenvalue weighted by Crippen LogP contribution is 2.11. The van der Waals surface area contributed by atoms with Gasteiger partial charge in [0.15, 0.2) is 0 Å². The largest absolute Gasteiger partial charge is 0.355 e. The molecule has 0 heterocycles. The van der Waals surface area contributed by atoms with E-state index in [-0.39, 0.29) is 24.8 Å². The highest BCUT2D eigenvalue weighted by atomic mass is 79.9. The topological polar surface area (TPSA) is 58.2 Å². The quantitative estimate of drug-likeness (QED) is 0.753. The summed E-state index contributed by atoms with van der Waals surface area (Å²) in [5.41, 5.74) is 0.915. The van der Waals surface area contributed by atoms with Gasteiger partial charge in [0.25, 0.3) is 0 Å². The maximum atomic E-state index is 11.7. The zero-order valence-electron chi connectivity index (χ0n) is 11.0. The van der Waals surface area contributed by atoms with E-state index in [1.165, 1.54) is 0 Å². The summed E-state index contributed by atoms with van der Waals surface area (Å²) in [7, 11) is 0. The molecule has 4 nitrogen and oxygen atoms in total. The van der Waals surface area contributed by atoms with E-state index in [0.29, 0.717) is 6.54 Å². The van der Waals surface area contributed by atoms with Crippen molar-refractivity contribution in [3.63, 3.8) is 0 Å². The molecule has 0 spiro atoms. The Labute approximate surface area is 122 Å². The summed E-state index contributed by atoms with van der Waals surface area (Å²) >= 11 is 3.35. The van der Waals surface area contributed by atoms with Crippen LogP contribution in [0.1, 0.15) is 25.3 Å². The van der Waals surface area contributed by atoms with Crippen LogP contribution in [-0.4, -0.2) is 24.9 Å². The molecule has 5 heteroatoms. The van der Waals surface area contributed by atoms with Gasteiger partial charge in [-0.2, -0.15) is 0 Å². The standard InChI is InChI=1S/C14H19BrN2O2/c1-2-3-7-16-14(19)10-17-13(18)9-11-5-4-6-12(15)8-11/h4-6,8H,2-3,7,9-10H2,1H3,(H,16,19)(H,17,18). The predicted octanol–water partition coefficient (Wildman–Crippen LogP) is 2.02. The van der Waals surface area contributed by atoms with Gasteiger partial charge in [0.1, 0.15) is 0 Å². The van der Waals surface area contributed by atoms with Gasteiger partial charge < -0.3 is 10.6 Å². The summed E-state index contributed by atoms with van der Waals surface area (Å²) in [6.07, 6.45) is 2.27. The van der Waals surface area contributed by atoms with Gasteiger partial charge in [0.2, 0.25) is 11.8 Å². The van der Waals surface area contributed by atoms with E-state index in [2.05, 4.69) is 33.5 Å². The fourth-order valence-electron chi connectivity index (χ4n) is 1.54. The lowest BCUT2D eigenvalue weighted by Crippen LogP contribution is -2.37. The molecule has 1 aromatic rings. The zero-order chi connectivity index (χ0) is 14.1. The molecule has 1 aromatic carbocycles. The molecule has 0 atom stereocenters. The van der Waals surface area contributed by atoms with Crippen molar-refractivity contribution in [1.82, 2.24) is 10.6 Å². The number of amides is 2. The van der Waals surface area contributed by atoms with Crippen LogP contribution in [-0.2, 0) is 16.0 Å². The van der Waals surface area contributed by atoms with E-state index >= 15 is 0 Å². The van der Waals surface area contributed by atoms with Gasteiger partial charge in [-0.3, -0.25) is 9.59 Å². The number of benzene rings is 1. The van der Waals surface area contributed by atoms with Crippen molar-refractivity contribution < 1.29 is 9.59 Å². The van der Waals surface area contributed by atoms with Crippen molar-refractivity contribution in [2.45, 2.75) is 26.2 Å². The SMILES string of the molecule is CCCCNC(=O)CNC(=O)Cc1cccc(Br)c1. The molecule has 2 amide bonds. The number of hydrogen-bond acceptors (Lipinski definition) is 2. The van der Waals surface area contributed by atoms with E-state index in [1.807, 2.05) is 24.3 Å². The lowest BCUT2D eigenvalue weighted by molar-refractivity contribution is -0.125.